The number of nitrogens with one attached hydrogen (secondary N) is 2. The summed E-state index contributed by atoms with van der Waals surface area (Å²) in [5.74, 6) is -0.340. The molecule has 28 heavy (non-hydrogen) atoms. The number of rotatable bonds is 5. The second-order valence-electron chi connectivity index (χ2n) is 6.81. The van der Waals surface area contributed by atoms with Crippen molar-refractivity contribution in [2.75, 3.05) is 7.05 Å². The highest BCUT2D eigenvalue weighted by molar-refractivity contribution is 7.87. The van der Waals surface area contributed by atoms with E-state index in [0.29, 0.717) is 24.5 Å². The molecular formula is C18H24ClN5O3S. The van der Waals surface area contributed by atoms with E-state index in [4.69, 9.17) is 11.6 Å². The number of aromatic nitrogens is 2. The number of nitrogens with zero attached hydrogens (tertiary/aromatic N) is 3. The summed E-state index contributed by atoms with van der Waals surface area (Å²) in [6.07, 6.45) is 2.15. The first-order chi connectivity index (χ1) is 13.2. The van der Waals surface area contributed by atoms with Crippen LogP contribution in [0.1, 0.15) is 36.2 Å². The first kappa shape index (κ1) is 20.8. The van der Waals surface area contributed by atoms with Gasteiger partial charge in [0.15, 0.2) is 0 Å². The van der Waals surface area contributed by atoms with Gasteiger partial charge in [0.25, 0.3) is 10.2 Å². The van der Waals surface area contributed by atoms with Gasteiger partial charge in [-0.1, -0.05) is 23.7 Å². The molecule has 8 nitrogen and oxygen atoms in total. The van der Waals surface area contributed by atoms with E-state index in [2.05, 4.69) is 15.1 Å². The number of likely N-dealkylation sites (N-methyl/N-ethyl adjacent to an activating group) is 1. The van der Waals surface area contributed by atoms with Crippen LogP contribution in [0.4, 0.5) is 0 Å². The Morgan fingerprint density at radius 1 is 1.36 bits per heavy atom. The van der Waals surface area contributed by atoms with Gasteiger partial charge in [0.05, 0.1) is 11.7 Å². The van der Waals surface area contributed by atoms with Crippen LogP contribution in [-0.4, -0.2) is 41.5 Å². The maximum absolute atomic E-state index is 12.8. The van der Waals surface area contributed by atoms with Crippen LogP contribution < -0.4 is 10.0 Å². The molecule has 2 N–H and O–H groups in total. The molecule has 1 aromatic heterocycles. The van der Waals surface area contributed by atoms with Crippen molar-refractivity contribution in [1.29, 1.82) is 0 Å². The maximum Gasteiger partial charge on any atom is 0.280 e. The van der Waals surface area contributed by atoms with Crippen LogP contribution in [0.5, 0.6) is 0 Å². The fraction of sp³-hybridized carbons (Fsp3) is 0.444. The summed E-state index contributed by atoms with van der Waals surface area (Å²) < 4.78 is 30.6. The Hall–Kier alpha value is -1.94. The zero-order chi connectivity index (χ0) is 20.5. The summed E-state index contributed by atoms with van der Waals surface area (Å²) >= 11 is 5.87. The molecular weight excluding hydrogens is 402 g/mol. The predicted octanol–water partition coefficient (Wildman–Crippen LogP) is 1.76. The summed E-state index contributed by atoms with van der Waals surface area (Å²) in [7, 11) is -2.38. The van der Waals surface area contributed by atoms with E-state index in [9.17, 15) is 13.2 Å². The van der Waals surface area contributed by atoms with Crippen LogP contribution in [0.25, 0.3) is 0 Å². The van der Waals surface area contributed by atoms with Gasteiger partial charge < -0.3 is 5.32 Å². The lowest BCUT2D eigenvalue weighted by atomic mass is 10.00. The molecule has 0 aliphatic carbocycles. The van der Waals surface area contributed by atoms with Crippen molar-refractivity contribution in [3.8, 4) is 0 Å². The maximum atomic E-state index is 12.8. The third-order valence-electron chi connectivity index (χ3n) is 4.93. The Labute approximate surface area is 170 Å². The summed E-state index contributed by atoms with van der Waals surface area (Å²) in [4.78, 5) is 12.8. The molecule has 2 atom stereocenters. The van der Waals surface area contributed by atoms with Crippen molar-refractivity contribution in [2.24, 2.45) is 0 Å². The van der Waals surface area contributed by atoms with Gasteiger partial charge in [0.1, 0.15) is 6.04 Å². The second-order valence-corrected chi connectivity index (χ2v) is 9.01. The van der Waals surface area contributed by atoms with E-state index < -0.39 is 22.3 Å². The van der Waals surface area contributed by atoms with E-state index in [-0.39, 0.29) is 5.91 Å². The second kappa shape index (κ2) is 8.20. The van der Waals surface area contributed by atoms with Crippen LogP contribution in [0.15, 0.2) is 30.5 Å². The molecule has 3 rings (SSSR count). The first-order valence-corrected chi connectivity index (χ1v) is 10.8. The summed E-state index contributed by atoms with van der Waals surface area (Å²) in [6.45, 7) is 4.78. The number of hydrogen-bond donors (Lipinski definition) is 2. The number of benzene rings is 1. The molecule has 1 aromatic carbocycles. The van der Waals surface area contributed by atoms with Crippen LogP contribution >= 0.6 is 11.6 Å². The molecule has 2 aromatic rings. The van der Waals surface area contributed by atoms with E-state index >= 15 is 0 Å². The molecule has 1 amide bonds. The SMILES string of the molecule is CCn1cc([C@@H]2C[C@@H](C(=O)NCc3ccc(Cl)cc3)N(C)S(=O)(=O)N2)c(C)n1. The average Bonchev–Trinajstić information content (AvgIpc) is 3.04. The van der Waals surface area contributed by atoms with Crippen molar-refractivity contribution >= 4 is 27.7 Å². The number of carbonyl (C=O) groups excluding carboxylic acids is 1. The predicted molar refractivity (Wildman–Crippen MR) is 107 cm³/mol. The van der Waals surface area contributed by atoms with Gasteiger partial charge in [-0.2, -0.15) is 22.5 Å². The molecule has 0 spiro atoms. The van der Waals surface area contributed by atoms with E-state index in [0.717, 1.165) is 21.1 Å². The van der Waals surface area contributed by atoms with Gasteiger partial charge in [0.2, 0.25) is 5.91 Å². The molecule has 0 bridgehead atoms. The zero-order valence-corrected chi connectivity index (χ0v) is 17.6. The highest BCUT2D eigenvalue weighted by atomic mass is 35.5. The van der Waals surface area contributed by atoms with Crippen LogP contribution in [0.2, 0.25) is 5.02 Å². The van der Waals surface area contributed by atoms with Gasteiger partial charge in [0, 0.05) is 36.9 Å². The Morgan fingerprint density at radius 3 is 2.64 bits per heavy atom. The average molecular weight is 426 g/mol. The highest BCUT2D eigenvalue weighted by Gasteiger charge is 2.41. The van der Waals surface area contributed by atoms with Gasteiger partial charge >= 0.3 is 0 Å². The Bertz CT molecular complexity index is 958. The van der Waals surface area contributed by atoms with E-state index in [1.54, 1.807) is 16.8 Å². The molecule has 1 saturated heterocycles. The lowest BCUT2D eigenvalue weighted by molar-refractivity contribution is -0.125. The Balaban J connectivity index is 1.77. The fourth-order valence-corrected chi connectivity index (χ4v) is 4.65. The standard InChI is InChI=1S/C18H24ClN5O3S/c1-4-24-11-15(12(2)21-24)16-9-17(23(3)28(26,27)22-16)18(25)20-10-13-5-7-14(19)8-6-13/h5-8,11,16-17,22H,4,9-10H2,1-3H3,(H,20,25)/t16-,17-/m0/s1. The van der Waals surface area contributed by atoms with Crippen LogP contribution in [0.3, 0.4) is 0 Å². The molecule has 0 saturated carbocycles. The number of aryl methyl sites for hydroxylation is 2. The monoisotopic (exact) mass is 425 g/mol. The van der Waals surface area contributed by atoms with Gasteiger partial charge in [-0.05, 0) is 38.0 Å². The molecule has 10 heteroatoms. The molecule has 152 valence electrons. The quantitative estimate of drug-likeness (QED) is 0.762. The van der Waals surface area contributed by atoms with E-state index in [1.165, 1.54) is 7.05 Å². The van der Waals surface area contributed by atoms with Crippen molar-refractivity contribution < 1.29 is 13.2 Å². The van der Waals surface area contributed by atoms with Crippen molar-refractivity contribution in [3.63, 3.8) is 0 Å². The molecule has 1 fully saturated rings. The van der Waals surface area contributed by atoms with Gasteiger partial charge in [-0.15, -0.1) is 0 Å². The van der Waals surface area contributed by atoms with Crippen LogP contribution in [0, 0.1) is 6.92 Å². The topological polar surface area (TPSA) is 96.3 Å². The fourth-order valence-electron chi connectivity index (χ4n) is 3.26. The molecule has 0 radical (unpaired) electrons. The normalized spacial score (nSPS) is 22.1. The summed E-state index contributed by atoms with van der Waals surface area (Å²) in [5.41, 5.74) is 2.42. The summed E-state index contributed by atoms with van der Waals surface area (Å²) in [5, 5.41) is 7.82. The molecule has 2 heterocycles. The number of carbonyl (C=O) groups is 1. The zero-order valence-electron chi connectivity index (χ0n) is 16.0. The number of amides is 1. The third kappa shape index (κ3) is 4.38. The highest BCUT2D eigenvalue weighted by Crippen LogP contribution is 2.29. The third-order valence-corrected chi connectivity index (χ3v) is 6.78. The lowest BCUT2D eigenvalue weighted by Gasteiger charge is -2.36. The molecule has 1 aliphatic rings. The Kier molecular flexibility index (Phi) is 6.09. The van der Waals surface area contributed by atoms with Crippen molar-refractivity contribution in [1.82, 2.24) is 24.1 Å². The number of hydrogen-bond acceptors (Lipinski definition) is 4. The molecule has 1 aliphatic heterocycles. The first-order valence-electron chi connectivity index (χ1n) is 9.02. The minimum atomic E-state index is -3.79. The minimum Gasteiger partial charge on any atom is -0.351 e. The Morgan fingerprint density at radius 2 is 2.04 bits per heavy atom. The molecule has 0 unspecified atom stereocenters. The largest absolute Gasteiger partial charge is 0.351 e. The minimum absolute atomic E-state index is 0.297. The van der Waals surface area contributed by atoms with Crippen LogP contribution in [-0.2, 0) is 28.1 Å². The summed E-state index contributed by atoms with van der Waals surface area (Å²) in [6, 6.07) is 5.80. The van der Waals surface area contributed by atoms with Gasteiger partial charge in [-0.25, -0.2) is 0 Å². The van der Waals surface area contributed by atoms with Crippen molar-refractivity contribution in [3.05, 3.63) is 52.3 Å². The smallest absolute Gasteiger partial charge is 0.280 e. The number of halogens is 1. The van der Waals surface area contributed by atoms with E-state index in [1.807, 2.05) is 32.2 Å². The van der Waals surface area contributed by atoms with Gasteiger partial charge in [-0.3, -0.25) is 9.48 Å². The lowest BCUT2D eigenvalue weighted by Crippen LogP contribution is -2.57. The van der Waals surface area contributed by atoms with Crippen molar-refractivity contribution in [2.45, 2.75) is 45.4 Å².